The summed E-state index contributed by atoms with van der Waals surface area (Å²) in [5, 5.41) is 0. The van der Waals surface area contributed by atoms with Gasteiger partial charge in [0.15, 0.2) is 0 Å². The number of carbonyl (C=O) groups excluding carboxylic acids is 1. The highest BCUT2D eigenvalue weighted by atomic mass is 32.2. The van der Waals surface area contributed by atoms with Crippen molar-refractivity contribution in [2.75, 3.05) is 26.2 Å². The van der Waals surface area contributed by atoms with E-state index in [1.165, 1.54) is 0 Å². The molecule has 2 aromatic carbocycles. The van der Waals surface area contributed by atoms with Gasteiger partial charge in [-0.25, -0.2) is 21.9 Å². The van der Waals surface area contributed by atoms with Crippen LogP contribution < -0.4 is 4.72 Å². The molecular formula is C20H22F2N2O4S. The Labute approximate surface area is 168 Å². The van der Waals surface area contributed by atoms with Crippen LogP contribution in [0.25, 0.3) is 0 Å². The Bertz CT molecular complexity index is 954. The average molecular weight is 424 g/mol. The molecule has 3 rings (SSSR count). The third kappa shape index (κ3) is 5.59. The fourth-order valence-electron chi connectivity index (χ4n) is 3.12. The van der Waals surface area contributed by atoms with Gasteiger partial charge in [0, 0.05) is 25.6 Å². The third-order valence-electron chi connectivity index (χ3n) is 4.63. The summed E-state index contributed by atoms with van der Waals surface area (Å²) in [6, 6.07) is 11.9. The minimum absolute atomic E-state index is 0.0304. The van der Waals surface area contributed by atoms with Gasteiger partial charge in [-0.2, -0.15) is 0 Å². The van der Waals surface area contributed by atoms with Gasteiger partial charge in [0.05, 0.1) is 13.2 Å². The molecule has 1 N–H and O–H groups in total. The smallest absolute Gasteiger partial charge is 0.243 e. The first-order chi connectivity index (χ1) is 13.9. The van der Waals surface area contributed by atoms with E-state index in [4.69, 9.17) is 4.74 Å². The van der Waals surface area contributed by atoms with E-state index in [2.05, 4.69) is 4.72 Å². The molecule has 1 saturated heterocycles. The summed E-state index contributed by atoms with van der Waals surface area (Å²) in [5.74, 6) is -2.11. The maximum atomic E-state index is 13.7. The molecule has 6 nitrogen and oxygen atoms in total. The zero-order chi connectivity index (χ0) is 20.9. The largest absolute Gasteiger partial charge is 0.370 e. The van der Waals surface area contributed by atoms with Crippen LogP contribution in [0.4, 0.5) is 8.78 Å². The number of halogens is 2. The van der Waals surface area contributed by atoms with E-state index in [0.29, 0.717) is 25.8 Å². The van der Waals surface area contributed by atoms with Crippen LogP contribution in [0, 0.1) is 11.6 Å². The lowest BCUT2D eigenvalue weighted by Crippen LogP contribution is -2.42. The van der Waals surface area contributed by atoms with Crippen molar-refractivity contribution in [3.63, 3.8) is 0 Å². The SMILES string of the molecule is O=C(CCCNS(=O)(=O)c1ccc(F)cc1F)N1CCOC(c2ccccc2)C1. The topological polar surface area (TPSA) is 75.7 Å². The minimum Gasteiger partial charge on any atom is -0.370 e. The number of amides is 1. The average Bonchev–Trinajstić information content (AvgIpc) is 2.71. The predicted octanol–water partition coefficient (Wildman–Crippen LogP) is 2.62. The Morgan fingerprint density at radius 3 is 2.66 bits per heavy atom. The molecule has 2 aromatic rings. The van der Waals surface area contributed by atoms with Gasteiger partial charge in [-0.1, -0.05) is 30.3 Å². The van der Waals surface area contributed by atoms with E-state index >= 15 is 0 Å². The minimum atomic E-state index is -4.11. The van der Waals surface area contributed by atoms with Gasteiger partial charge in [0.1, 0.15) is 22.6 Å². The Morgan fingerprint density at radius 2 is 1.93 bits per heavy atom. The number of hydrogen-bond acceptors (Lipinski definition) is 4. The number of ether oxygens (including phenoxy) is 1. The van der Waals surface area contributed by atoms with Gasteiger partial charge in [0.2, 0.25) is 15.9 Å². The highest BCUT2D eigenvalue weighted by Crippen LogP contribution is 2.22. The van der Waals surface area contributed by atoms with Gasteiger partial charge in [-0.05, 0) is 24.1 Å². The molecule has 0 bridgehead atoms. The molecule has 1 amide bonds. The lowest BCUT2D eigenvalue weighted by atomic mass is 10.1. The highest BCUT2D eigenvalue weighted by molar-refractivity contribution is 7.89. The first-order valence-electron chi connectivity index (χ1n) is 9.26. The van der Waals surface area contributed by atoms with Crippen molar-refractivity contribution in [3.8, 4) is 0 Å². The Hall–Kier alpha value is -2.36. The lowest BCUT2D eigenvalue weighted by Gasteiger charge is -2.33. The molecule has 9 heteroatoms. The molecule has 0 spiro atoms. The number of nitrogens with one attached hydrogen (secondary N) is 1. The van der Waals surface area contributed by atoms with Gasteiger partial charge in [0.25, 0.3) is 0 Å². The summed E-state index contributed by atoms with van der Waals surface area (Å²) in [5.41, 5.74) is 0.999. The van der Waals surface area contributed by atoms with Crippen LogP contribution in [0.1, 0.15) is 24.5 Å². The van der Waals surface area contributed by atoms with Crippen LogP contribution >= 0.6 is 0 Å². The molecule has 0 aliphatic carbocycles. The monoisotopic (exact) mass is 424 g/mol. The number of rotatable bonds is 7. The van der Waals surface area contributed by atoms with E-state index in [1.54, 1.807) is 4.90 Å². The molecule has 156 valence electrons. The second-order valence-corrected chi connectivity index (χ2v) is 8.42. The van der Waals surface area contributed by atoms with Crippen molar-refractivity contribution in [1.82, 2.24) is 9.62 Å². The number of benzene rings is 2. The summed E-state index contributed by atoms with van der Waals surface area (Å²) in [6.07, 6.45) is 0.221. The van der Waals surface area contributed by atoms with Gasteiger partial charge >= 0.3 is 0 Å². The molecule has 1 heterocycles. The number of nitrogens with zero attached hydrogens (tertiary/aromatic N) is 1. The molecule has 0 saturated carbocycles. The summed E-state index contributed by atoms with van der Waals surface area (Å²) in [4.78, 5) is 13.5. The number of hydrogen-bond donors (Lipinski definition) is 1. The second-order valence-electron chi connectivity index (χ2n) is 6.69. The summed E-state index contributed by atoms with van der Waals surface area (Å²) in [6.45, 7) is 1.32. The van der Waals surface area contributed by atoms with Crippen molar-refractivity contribution in [3.05, 3.63) is 65.7 Å². The normalized spacial score (nSPS) is 17.3. The van der Waals surface area contributed by atoms with E-state index in [-0.39, 0.29) is 31.4 Å². The van der Waals surface area contributed by atoms with Crippen molar-refractivity contribution < 1.29 is 26.7 Å². The Balaban J connectivity index is 1.48. The fourth-order valence-corrected chi connectivity index (χ4v) is 4.25. The van der Waals surface area contributed by atoms with Crippen LogP contribution in [0.3, 0.4) is 0 Å². The summed E-state index contributed by atoms with van der Waals surface area (Å²) in [7, 11) is -4.11. The maximum Gasteiger partial charge on any atom is 0.243 e. The number of sulfonamides is 1. The Morgan fingerprint density at radius 1 is 1.17 bits per heavy atom. The molecule has 0 radical (unpaired) electrons. The van der Waals surface area contributed by atoms with E-state index < -0.39 is 26.6 Å². The first kappa shape index (κ1) is 21.4. The number of morpholine rings is 1. The fraction of sp³-hybridized carbons (Fsp3) is 0.350. The molecule has 1 atom stereocenters. The van der Waals surface area contributed by atoms with Crippen molar-refractivity contribution in [2.45, 2.75) is 23.8 Å². The summed E-state index contributed by atoms with van der Waals surface area (Å²) >= 11 is 0. The van der Waals surface area contributed by atoms with Crippen LogP contribution in [-0.4, -0.2) is 45.5 Å². The van der Waals surface area contributed by atoms with Crippen LogP contribution in [0.5, 0.6) is 0 Å². The molecule has 1 unspecified atom stereocenters. The quantitative estimate of drug-likeness (QED) is 0.694. The predicted molar refractivity (Wildman–Crippen MR) is 102 cm³/mol. The molecular weight excluding hydrogens is 402 g/mol. The van der Waals surface area contributed by atoms with Crippen LogP contribution in [-0.2, 0) is 19.6 Å². The van der Waals surface area contributed by atoms with Crippen LogP contribution in [0.2, 0.25) is 0 Å². The molecule has 0 aromatic heterocycles. The standard InChI is InChI=1S/C20H22F2N2O4S/c21-16-8-9-19(17(22)13-16)29(26,27)23-10-4-7-20(25)24-11-12-28-18(14-24)15-5-2-1-3-6-15/h1-3,5-6,8-9,13,18,23H,4,7,10-12,14H2. The van der Waals surface area contributed by atoms with Crippen molar-refractivity contribution in [2.24, 2.45) is 0 Å². The second kappa shape index (κ2) is 9.43. The molecule has 1 aliphatic heterocycles. The van der Waals surface area contributed by atoms with E-state index in [0.717, 1.165) is 17.7 Å². The van der Waals surface area contributed by atoms with Crippen LogP contribution in [0.15, 0.2) is 53.4 Å². The van der Waals surface area contributed by atoms with Crippen molar-refractivity contribution >= 4 is 15.9 Å². The highest BCUT2D eigenvalue weighted by Gasteiger charge is 2.25. The molecule has 29 heavy (non-hydrogen) atoms. The van der Waals surface area contributed by atoms with E-state index in [9.17, 15) is 22.0 Å². The van der Waals surface area contributed by atoms with Crippen molar-refractivity contribution in [1.29, 1.82) is 0 Å². The molecule has 1 fully saturated rings. The lowest BCUT2D eigenvalue weighted by molar-refractivity contribution is -0.139. The maximum absolute atomic E-state index is 13.7. The third-order valence-corrected chi connectivity index (χ3v) is 6.13. The molecule has 1 aliphatic rings. The zero-order valence-electron chi connectivity index (χ0n) is 15.7. The summed E-state index contributed by atoms with van der Waals surface area (Å²) < 4.78 is 58.8. The zero-order valence-corrected chi connectivity index (χ0v) is 16.5. The van der Waals surface area contributed by atoms with Gasteiger partial charge < -0.3 is 9.64 Å². The van der Waals surface area contributed by atoms with E-state index in [1.807, 2.05) is 30.3 Å². The van der Waals surface area contributed by atoms with Gasteiger partial charge in [-0.3, -0.25) is 4.79 Å². The first-order valence-corrected chi connectivity index (χ1v) is 10.7. The Kier molecular flexibility index (Phi) is 6.94. The van der Waals surface area contributed by atoms with Gasteiger partial charge in [-0.15, -0.1) is 0 Å². The number of carbonyl (C=O) groups is 1.